The maximum Gasteiger partial charge on any atom is 0.390 e. The number of nitrogens with one attached hydrogen (secondary N) is 1. The second-order valence-electron chi connectivity index (χ2n) is 10.9. The minimum Gasteiger partial charge on any atom is -0.494 e. The molecule has 1 N–H and O–H groups in total. The quantitative estimate of drug-likeness (QED) is 0.141. The summed E-state index contributed by atoms with van der Waals surface area (Å²) in [7, 11) is 1.40. The van der Waals surface area contributed by atoms with E-state index in [1.807, 2.05) is 25.1 Å². The molecule has 0 unspecified atom stereocenters. The van der Waals surface area contributed by atoms with Gasteiger partial charge in [0.25, 0.3) is 0 Å². The maximum atomic E-state index is 14.9. The van der Waals surface area contributed by atoms with Crippen molar-refractivity contribution in [2.24, 2.45) is 5.92 Å². The molecule has 2 fully saturated rings. The number of halogens is 4. The Bertz CT molecular complexity index is 1680. The zero-order valence-electron chi connectivity index (χ0n) is 23.6. The molecule has 0 spiro atoms. The van der Waals surface area contributed by atoms with Crippen LogP contribution in [-0.2, 0) is 4.08 Å². The summed E-state index contributed by atoms with van der Waals surface area (Å²) in [5.74, 6) is 1.78. The van der Waals surface area contributed by atoms with Gasteiger partial charge in [-0.1, -0.05) is 18.2 Å². The first-order valence-electron chi connectivity index (χ1n) is 14.0. The van der Waals surface area contributed by atoms with Gasteiger partial charge < -0.3 is 10.1 Å². The van der Waals surface area contributed by atoms with Crippen LogP contribution in [0.2, 0.25) is 0 Å². The van der Waals surface area contributed by atoms with Gasteiger partial charge >= 0.3 is 6.18 Å². The number of alkyl halides is 3. The topological polar surface area (TPSA) is 68.5 Å². The van der Waals surface area contributed by atoms with Crippen LogP contribution in [0.5, 0.6) is 5.75 Å². The predicted molar refractivity (Wildman–Crippen MR) is 163 cm³/mol. The van der Waals surface area contributed by atoms with Crippen molar-refractivity contribution in [3.63, 3.8) is 0 Å². The van der Waals surface area contributed by atoms with Gasteiger partial charge in [-0.2, -0.15) is 18.3 Å². The number of methoxy groups -OCH3 is 1. The van der Waals surface area contributed by atoms with E-state index >= 15 is 0 Å². The van der Waals surface area contributed by atoms with E-state index in [1.54, 1.807) is 52.4 Å². The lowest BCUT2D eigenvalue weighted by Crippen LogP contribution is -2.22. The summed E-state index contributed by atoms with van der Waals surface area (Å²) in [6, 6.07) is 12.1. The summed E-state index contributed by atoms with van der Waals surface area (Å²) in [4.78, 5) is 17.4. The Hall–Kier alpha value is -3.25. The number of rotatable bonds is 10. The van der Waals surface area contributed by atoms with Crippen LogP contribution in [0.1, 0.15) is 52.9 Å². The highest BCUT2D eigenvalue weighted by molar-refractivity contribution is 8.20. The largest absolute Gasteiger partial charge is 0.494 e. The molecule has 43 heavy (non-hydrogen) atoms. The van der Waals surface area contributed by atoms with Gasteiger partial charge in [0.05, 0.1) is 36.8 Å². The summed E-state index contributed by atoms with van der Waals surface area (Å²) in [6.45, 7) is 1.56. The van der Waals surface area contributed by atoms with E-state index in [9.17, 15) is 22.4 Å². The Morgan fingerprint density at radius 3 is 2.56 bits per heavy atom. The van der Waals surface area contributed by atoms with Crippen molar-refractivity contribution in [3.05, 3.63) is 76.9 Å². The number of carbonyl (C=O) groups is 1. The lowest BCUT2D eigenvalue weighted by molar-refractivity contribution is -0.131. The third-order valence-corrected chi connectivity index (χ3v) is 11.2. The minimum atomic E-state index is -4.32. The fourth-order valence-corrected chi connectivity index (χ4v) is 8.53. The lowest BCUT2D eigenvalue weighted by Gasteiger charge is -2.28. The smallest absolute Gasteiger partial charge is 0.390 e. The number of ether oxygens (including phenoxy) is 1. The second-order valence-corrected chi connectivity index (χ2v) is 13.8. The number of nitrogens with zero attached hydrogens (tertiary/aromatic N) is 3. The molecule has 226 valence electrons. The second kappa shape index (κ2) is 11.7. The van der Waals surface area contributed by atoms with Gasteiger partial charge in [0.2, 0.25) is 0 Å². The van der Waals surface area contributed by atoms with E-state index in [1.165, 1.54) is 13.2 Å². The Morgan fingerprint density at radius 2 is 1.91 bits per heavy atom. The molecule has 2 aromatic heterocycles. The SMILES string of the molecule is COc1ccc(C2(c3cc(NCCC(F)(F)F)c4ncc(-c5ccc(C(=O)CC6CC6)c(C)c5)n4n3)SCCS2)cc1F. The molecule has 1 saturated heterocycles. The van der Waals surface area contributed by atoms with Gasteiger partial charge in [0, 0.05) is 35.6 Å². The molecule has 2 aliphatic rings. The molecule has 1 saturated carbocycles. The van der Waals surface area contributed by atoms with E-state index in [0.29, 0.717) is 46.2 Å². The molecule has 3 heterocycles. The highest BCUT2D eigenvalue weighted by Gasteiger charge is 2.42. The number of carbonyl (C=O) groups excluding carboxylic acids is 1. The highest BCUT2D eigenvalue weighted by atomic mass is 32.2. The normalized spacial score (nSPS) is 16.5. The maximum absolute atomic E-state index is 14.9. The molecule has 12 heteroatoms. The van der Waals surface area contributed by atoms with Crippen molar-refractivity contribution in [3.8, 4) is 17.0 Å². The van der Waals surface area contributed by atoms with E-state index in [0.717, 1.165) is 35.5 Å². The Labute approximate surface area is 255 Å². The van der Waals surface area contributed by atoms with E-state index < -0.39 is 22.5 Å². The molecule has 6 nitrogen and oxygen atoms in total. The Morgan fingerprint density at radius 1 is 1.14 bits per heavy atom. The molecule has 2 aromatic carbocycles. The number of aromatic nitrogens is 3. The van der Waals surface area contributed by atoms with Gasteiger partial charge in [-0.05, 0) is 61.1 Å². The molecule has 0 radical (unpaired) electrons. The molecule has 0 atom stereocenters. The van der Waals surface area contributed by atoms with Crippen LogP contribution in [0.15, 0.2) is 48.7 Å². The number of aryl methyl sites for hydroxylation is 1. The number of hydrogen-bond donors (Lipinski definition) is 1. The predicted octanol–water partition coefficient (Wildman–Crippen LogP) is 7.88. The summed E-state index contributed by atoms with van der Waals surface area (Å²) in [5.41, 5.74) is 4.92. The third kappa shape index (κ3) is 6.08. The molecule has 1 aliphatic heterocycles. The van der Waals surface area contributed by atoms with Crippen molar-refractivity contribution in [1.29, 1.82) is 0 Å². The first-order valence-corrected chi connectivity index (χ1v) is 16.0. The van der Waals surface area contributed by atoms with Crippen molar-refractivity contribution >= 4 is 40.6 Å². The number of fused-ring (bicyclic) bond motifs is 1. The number of hydrogen-bond acceptors (Lipinski definition) is 7. The van der Waals surface area contributed by atoms with Crippen LogP contribution in [-0.4, -0.2) is 51.7 Å². The van der Waals surface area contributed by atoms with Crippen molar-refractivity contribution < 1.29 is 27.1 Å². The fraction of sp³-hybridized carbons (Fsp3) is 0.387. The van der Waals surface area contributed by atoms with Gasteiger partial charge in [0.1, 0.15) is 4.08 Å². The first kappa shape index (κ1) is 29.8. The average Bonchev–Trinajstić information content (AvgIpc) is 3.45. The van der Waals surface area contributed by atoms with Crippen LogP contribution in [0.4, 0.5) is 23.2 Å². The molecule has 4 aromatic rings. The highest BCUT2D eigenvalue weighted by Crippen LogP contribution is 2.56. The van der Waals surface area contributed by atoms with E-state index in [-0.39, 0.29) is 18.1 Å². The molecule has 0 bridgehead atoms. The first-order chi connectivity index (χ1) is 20.6. The zero-order chi connectivity index (χ0) is 30.4. The van der Waals surface area contributed by atoms with Crippen LogP contribution >= 0.6 is 23.5 Å². The van der Waals surface area contributed by atoms with Crippen molar-refractivity contribution in [1.82, 2.24) is 14.6 Å². The molecular weight excluding hydrogens is 600 g/mol. The fourth-order valence-electron chi connectivity index (χ4n) is 5.37. The van der Waals surface area contributed by atoms with Gasteiger partial charge in [0.15, 0.2) is 23.0 Å². The van der Waals surface area contributed by atoms with Crippen LogP contribution < -0.4 is 10.1 Å². The summed E-state index contributed by atoms with van der Waals surface area (Å²) < 4.78 is 60.0. The van der Waals surface area contributed by atoms with Gasteiger partial charge in [-0.3, -0.25) is 4.79 Å². The monoisotopic (exact) mass is 630 g/mol. The lowest BCUT2D eigenvalue weighted by atomic mass is 9.98. The van der Waals surface area contributed by atoms with Crippen LogP contribution in [0.3, 0.4) is 0 Å². The average molecular weight is 631 g/mol. The standard InChI is InChI=1S/C31H30F4N4O2S2/c1-18-13-20(5-7-22(18)26(40)14-19-3-4-19)25-17-37-29-24(36-10-9-30(33,34)35)16-28(38-39(25)29)31(42-11-12-43-31)21-6-8-27(41-2)23(32)15-21/h5-8,13,15-17,19,36H,3-4,9-12,14H2,1-2H3. The van der Waals surface area contributed by atoms with Crippen molar-refractivity contribution in [2.45, 2.75) is 42.9 Å². The molecule has 0 amide bonds. The summed E-state index contributed by atoms with van der Waals surface area (Å²) in [5, 5.41) is 7.93. The number of imidazole rings is 1. The Balaban J connectivity index is 1.46. The summed E-state index contributed by atoms with van der Waals surface area (Å²) >= 11 is 3.20. The molecule has 1 aliphatic carbocycles. The summed E-state index contributed by atoms with van der Waals surface area (Å²) in [6.07, 6.45) is -0.959. The number of Topliss-reactive ketones (excluding diaryl/α,β-unsaturated/α-hetero) is 1. The number of ketones is 1. The van der Waals surface area contributed by atoms with Gasteiger partial charge in [-0.15, -0.1) is 23.5 Å². The zero-order valence-corrected chi connectivity index (χ0v) is 25.3. The van der Waals surface area contributed by atoms with Crippen LogP contribution in [0, 0.1) is 18.7 Å². The third-order valence-electron chi connectivity index (χ3n) is 7.75. The molecule has 6 rings (SSSR count). The van der Waals surface area contributed by atoms with Gasteiger partial charge in [-0.25, -0.2) is 13.9 Å². The van der Waals surface area contributed by atoms with E-state index in [4.69, 9.17) is 9.84 Å². The minimum absolute atomic E-state index is 0.121. The van der Waals surface area contributed by atoms with Crippen LogP contribution in [0.25, 0.3) is 16.9 Å². The number of anilines is 1. The number of benzene rings is 2. The van der Waals surface area contributed by atoms with E-state index in [2.05, 4.69) is 10.3 Å². The number of thioether (sulfide) groups is 2. The molecular formula is C31H30F4N4O2S2. The Kier molecular flexibility index (Phi) is 8.10. The van der Waals surface area contributed by atoms with Crippen molar-refractivity contribution in [2.75, 3.05) is 30.5 Å².